The second kappa shape index (κ2) is 2.54. The maximum absolute atomic E-state index is 5.53. The van der Waals surface area contributed by atoms with Crippen LogP contribution < -0.4 is 0 Å². The average molecular weight is 178 g/mol. The fraction of sp³-hybridized carbons (Fsp3) is 0.400. The van der Waals surface area contributed by atoms with Crippen LogP contribution >= 0.6 is 0 Å². The Bertz CT molecular complexity index is 329. The molecule has 0 saturated carbocycles. The van der Waals surface area contributed by atoms with Gasteiger partial charge < -0.3 is 14.2 Å². The van der Waals surface area contributed by atoms with Crippen molar-refractivity contribution in [2.75, 3.05) is 13.2 Å². The quantitative estimate of drug-likeness (QED) is 0.600. The number of benzene rings is 1. The summed E-state index contributed by atoms with van der Waals surface area (Å²) in [5.41, 5.74) is 2.18. The summed E-state index contributed by atoms with van der Waals surface area (Å²) in [6, 6.07) is 8.00. The molecule has 13 heavy (non-hydrogen) atoms. The number of rotatable bonds is 0. The zero-order valence-corrected chi connectivity index (χ0v) is 7.16. The fourth-order valence-electron chi connectivity index (χ4n) is 1.83. The van der Waals surface area contributed by atoms with E-state index in [1.54, 1.807) is 0 Å². The van der Waals surface area contributed by atoms with E-state index in [0.717, 1.165) is 11.1 Å². The first-order valence-corrected chi connectivity index (χ1v) is 4.41. The van der Waals surface area contributed by atoms with Gasteiger partial charge in [-0.25, -0.2) is 0 Å². The van der Waals surface area contributed by atoms with Crippen LogP contribution in [0.25, 0.3) is 0 Å². The highest BCUT2D eigenvalue weighted by Gasteiger charge is 2.45. The van der Waals surface area contributed by atoms with Gasteiger partial charge in [-0.2, -0.15) is 0 Å². The molecule has 0 N–H and O–H groups in total. The van der Waals surface area contributed by atoms with Gasteiger partial charge in [-0.05, 0) is 5.56 Å². The lowest BCUT2D eigenvalue weighted by atomic mass is 10.1. The van der Waals surface area contributed by atoms with Crippen molar-refractivity contribution in [3.8, 4) is 0 Å². The lowest BCUT2D eigenvalue weighted by Gasteiger charge is -2.20. The first kappa shape index (κ1) is 7.50. The molecule has 0 aliphatic carbocycles. The summed E-state index contributed by atoms with van der Waals surface area (Å²) in [4.78, 5) is 0. The molecule has 2 aliphatic rings. The summed E-state index contributed by atoms with van der Waals surface area (Å²) in [6.45, 7) is 1.79. The maximum atomic E-state index is 5.53. The molecule has 3 nitrogen and oxygen atoms in total. The molecule has 0 bridgehead atoms. The summed E-state index contributed by atoms with van der Waals surface area (Å²) in [5, 5.41) is 0. The summed E-state index contributed by atoms with van der Waals surface area (Å²) in [6.07, 6.45) is 0. The number of fused-ring (bicyclic) bond motifs is 2. The Balaban J connectivity index is 2.11. The first-order chi connectivity index (χ1) is 6.41. The second-order valence-electron chi connectivity index (χ2n) is 3.20. The molecule has 3 heteroatoms. The Kier molecular flexibility index (Phi) is 1.47. The third-order valence-corrected chi connectivity index (χ3v) is 2.43. The van der Waals surface area contributed by atoms with Crippen LogP contribution in [-0.4, -0.2) is 13.2 Å². The van der Waals surface area contributed by atoms with Crippen LogP contribution in [0.4, 0.5) is 0 Å². The Morgan fingerprint density at radius 1 is 1.00 bits per heavy atom. The van der Waals surface area contributed by atoms with E-state index in [1.807, 2.05) is 24.3 Å². The van der Waals surface area contributed by atoms with Crippen molar-refractivity contribution in [3.63, 3.8) is 0 Å². The minimum atomic E-state index is -0.878. The molecule has 1 spiro atoms. The normalized spacial score (nSPS) is 23.7. The standard InChI is InChI=1S/C10H10O3/c1-2-4-9-8(3-1)7-13-10(9)11-5-6-12-10/h1-4H,5-7H2. The first-order valence-electron chi connectivity index (χ1n) is 4.41. The molecule has 1 fully saturated rings. The van der Waals surface area contributed by atoms with Crippen LogP contribution in [0.15, 0.2) is 24.3 Å². The summed E-state index contributed by atoms with van der Waals surface area (Å²) >= 11 is 0. The summed E-state index contributed by atoms with van der Waals surface area (Å²) in [5.74, 6) is -0.878. The molecule has 0 radical (unpaired) electrons. The minimum Gasteiger partial charge on any atom is -0.321 e. The summed E-state index contributed by atoms with van der Waals surface area (Å²) < 4.78 is 16.5. The second-order valence-corrected chi connectivity index (χ2v) is 3.20. The van der Waals surface area contributed by atoms with Crippen LogP contribution in [0.5, 0.6) is 0 Å². The molecule has 2 heterocycles. The van der Waals surface area contributed by atoms with E-state index in [4.69, 9.17) is 14.2 Å². The smallest absolute Gasteiger partial charge is 0.312 e. The zero-order chi connectivity index (χ0) is 8.73. The Morgan fingerprint density at radius 3 is 2.62 bits per heavy atom. The number of ether oxygens (including phenoxy) is 3. The number of hydrogen-bond donors (Lipinski definition) is 0. The van der Waals surface area contributed by atoms with Crippen molar-refractivity contribution in [1.82, 2.24) is 0 Å². The molecule has 0 aromatic heterocycles. The van der Waals surface area contributed by atoms with Crippen LogP contribution in [0.3, 0.4) is 0 Å². The maximum Gasteiger partial charge on any atom is 0.312 e. The lowest BCUT2D eigenvalue weighted by molar-refractivity contribution is -0.335. The third-order valence-electron chi connectivity index (χ3n) is 2.43. The Labute approximate surface area is 76.2 Å². The fourth-order valence-corrected chi connectivity index (χ4v) is 1.83. The van der Waals surface area contributed by atoms with Gasteiger partial charge in [-0.3, -0.25) is 0 Å². The Hall–Kier alpha value is -0.900. The van der Waals surface area contributed by atoms with Crippen LogP contribution in [0.2, 0.25) is 0 Å². The topological polar surface area (TPSA) is 27.7 Å². The molecule has 1 aromatic rings. The zero-order valence-electron chi connectivity index (χ0n) is 7.16. The molecular formula is C10H10O3. The van der Waals surface area contributed by atoms with Gasteiger partial charge in [0, 0.05) is 5.56 Å². The molecule has 1 aromatic carbocycles. The molecule has 1 saturated heterocycles. The van der Waals surface area contributed by atoms with E-state index < -0.39 is 5.97 Å². The Morgan fingerprint density at radius 2 is 1.77 bits per heavy atom. The predicted molar refractivity (Wildman–Crippen MR) is 44.8 cm³/mol. The van der Waals surface area contributed by atoms with E-state index in [2.05, 4.69) is 0 Å². The van der Waals surface area contributed by atoms with Gasteiger partial charge in [0.1, 0.15) is 0 Å². The van der Waals surface area contributed by atoms with Crippen LogP contribution in [-0.2, 0) is 26.8 Å². The highest BCUT2D eigenvalue weighted by Crippen LogP contribution is 2.40. The summed E-state index contributed by atoms with van der Waals surface area (Å²) in [7, 11) is 0. The largest absolute Gasteiger partial charge is 0.321 e. The molecule has 0 unspecified atom stereocenters. The van der Waals surface area contributed by atoms with Crippen molar-refractivity contribution >= 4 is 0 Å². The van der Waals surface area contributed by atoms with Crippen molar-refractivity contribution in [2.45, 2.75) is 12.6 Å². The van der Waals surface area contributed by atoms with Crippen LogP contribution in [0, 0.1) is 0 Å². The molecule has 68 valence electrons. The van der Waals surface area contributed by atoms with Gasteiger partial charge in [-0.15, -0.1) is 0 Å². The van der Waals surface area contributed by atoms with Crippen molar-refractivity contribution < 1.29 is 14.2 Å². The van der Waals surface area contributed by atoms with E-state index in [-0.39, 0.29) is 0 Å². The third kappa shape index (κ3) is 0.950. The molecule has 0 amide bonds. The predicted octanol–water partition coefficient (Wildman–Crippen LogP) is 1.37. The van der Waals surface area contributed by atoms with Crippen molar-refractivity contribution in [2.24, 2.45) is 0 Å². The van der Waals surface area contributed by atoms with Gasteiger partial charge >= 0.3 is 5.97 Å². The molecule has 2 aliphatic heterocycles. The number of hydrogen-bond acceptors (Lipinski definition) is 3. The van der Waals surface area contributed by atoms with E-state index >= 15 is 0 Å². The highest BCUT2D eigenvalue weighted by atomic mass is 16.9. The van der Waals surface area contributed by atoms with Gasteiger partial charge in [0.05, 0.1) is 19.8 Å². The SMILES string of the molecule is c1ccc2c(c1)COC21OCCO1. The van der Waals surface area contributed by atoms with Gasteiger partial charge in [-0.1, -0.05) is 24.3 Å². The molecular weight excluding hydrogens is 168 g/mol. The minimum absolute atomic E-state index is 0.580. The van der Waals surface area contributed by atoms with Gasteiger partial charge in [0.15, 0.2) is 0 Å². The van der Waals surface area contributed by atoms with E-state index in [1.165, 1.54) is 0 Å². The lowest BCUT2D eigenvalue weighted by Crippen LogP contribution is -2.25. The van der Waals surface area contributed by atoms with Gasteiger partial charge in [0.25, 0.3) is 0 Å². The van der Waals surface area contributed by atoms with Crippen molar-refractivity contribution in [3.05, 3.63) is 35.4 Å². The molecule has 0 atom stereocenters. The van der Waals surface area contributed by atoms with Gasteiger partial charge in [0.2, 0.25) is 0 Å². The monoisotopic (exact) mass is 178 g/mol. The van der Waals surface area contributed by atoms with E-state index in [9.17, 15) is 0 Å². The highest BCUT2D eigenvalue weighted by molar-refractivity contribution is 5.32. The average Bonchev–Trinajstić information content (AvgIpc) is 2.78. The van der Waals surface area contributed by atoms with Crippen molar-refractivity contribution in [1.29, 1.82) is 0 Å². The molecule has 3 rings (SSSR count). The van der Waals surface area contributed by atoms with Crippen LogP contribution in [0.1, 0.15) is 11.1 Å². The van der Waals surface area contributed by atoms with E-state index in [0.29, 0.717) is 19.8 Å².